The number of likely N-dealkylation sites (N-methyl/N-ethyl adjacent to an activating group) is 1. The predicted molar refractivity (Wildman–Crippen MR) is 260 cm³/mol. The molecule has 0 saturated carbocycles. The van der Waals surface area contributed by atoms with Crippen LogP contribution in [-0.4, -0.2) is 80.7 Å². The zero-order valence-corrected chi connectivity index (χ0v) is 42.1. The van der Waals surface area contributed by atoms with Gasteiger partial charge in [-0.05, 0) is 82.4 Å². The lowest BCUT2D eigenvalue weighted by atomic mass is 10.0. The van der Waals surface area contributed by atoms with E-state index in [0.29, 0.717) is 36.7 Å². The number of aryl methyl sites for hydroxylation is 2. The Morgan fingerprint density at radius 3 is 1.80 bits per heavy atom. The normalized spacial score (nSPS) is 13.8. The zero-order valence-electron chi connectivity index (χ0n) is 41.2. The van der Waals surface area contributed by atoms with E-state index in [9.17, 15) is 23.8 Å². The fraction of sp³-hybridized carbons (Fsp3) is 0.712. The summed E-state index contributed by atoms with van der Waals surface area (Å²) < 4.78 is 40.6. The summed E-state index contributed by atoms with van der Waals surface area (Å²) in [5.74, 6) is 1.62. The first-order valence-corrected chi connectivity index (χ1v) is 26.2. The summed E-state index contributed by atoms with van der Waals surface area (Å²) in [5.41, 5.74) is 2.68. The number of phosphoric ester groups is 1. The molecule has 1 N–H and O–H groups in total. The Bertz CT molecular complexity index is 1570. The second-order valence-corrected chi connectivity index (χ2v) is 19.6. The Balaban J connectivity index is 2.36. The summed E-state index contributed by atoms with van der Waals surface area (Å²) in [6, 6.07) is 0. The Hall–Kier alpha value is -3.08. The number of phosphoric acid groups is 1. The molecule has 12 heteroatoms. The SMILES string of the molecule is CCCCCC(=O)/C=C/C=C\C/C=C\C/C=C\CCCC(=O)OC[C@H](COP(=O)(O)OCC[N+](C)(C)C)OC(=O)CCCCCCCCCCCCc1oc(CCCCC)c(C)c1C. The molecule has 366 valence electrons. The number of furan rings is 1. The third kappa shape index (κ3) is 33.4. The van der Waals surface area contributed by atoms with Gasteiger partial charge in [0.1, 0.15) is 31.3 Å². The Labute approximate surface area is 388 Å². The van der Waals surface area contributed by atoms with Crippen molar-refractivity contribution in [3.05, 3.63) is 71.3 Å². The van der Waals surface area contributed by atoms with Crippen LogP contribution in [0.4, 0.5) is 0 Å². The first-order valence-electron chi connectivity index (χ1n) is 24.7. The van der Waals surface area contributed by atoms with Crippen molar-refractivity contribution in [2.75, 3.05) is 47.5 Å². The molecule has 1 heterocycles. The molecule has 0 aliphatic heterocycles. The number of unbranched alkanes of at least 4 members (excludes halogenated alkanes) is 14. The van der Waals surface area contributed by atoms with E-state index in [0.717, 1.165) is 64.2 Å². The van der Waals surface area contributed by atoms with Gasteiger partial charge in [-0.15, -0.1) is 0 Å². The summed E-state index contributed by atoms with van der Waals surface area (Å²) in [5, 5.41) is 0. The van der Waals surface area contributed by atoms with Crippen LogP contribution in [0.25, 0.3) is 0 Å². The number of allylic oxidation sites excluding steroid dienone is 8. The zero-order chi connectivity index (χ0) is 47.3. The fourth-order valence-corrected chi connectivity index (χ4v) is 7.59. The smallest absolute Gasteiger partial charge is 0.466 e. The molecular weight excluding hydrogens is 830 g/mol. The Morgan fingerprint density at radius 1 is 0.641 bits per heavy atom. The molecule has 0 aliphatic carbocycles. The van der Waals surface area contributed by atoms with E-state index in [1.807, 2.05) is 45.4 Å². The Kier molecular flexibility index (Phi) is 34.1. The van der Waals surface area contributed by atoms with E-state index < -0.39 is 32.5 Å². The molecule has 0 spiro atoms. The molecule has 0 aliphatic rings. The van der Waals surface area contributed by atoms with Crippen molar-refractivity contribution in [2.24, 2.45) is 0 Å². The number of esters is 2. The van der Waals surface area contributed by atoms with E-state index in [2.05, 4.69) is 39.8 Å². The van der Waals surface area contributed by atoms with Crippen molar-refractivity contribution in [3.8, 4) is 0 Å². The summed E-state index contributed by atoms with van der Waals surface area (Å²) in [4.78, 5) is 47.3. The lowest BCUT2D eigenvalue weighted by Gasteiger charge is -2.24. The van der Waals surface area contributed by atoms with Crippen LogP contribution in [0, 0.1) is 13.8 Å². The van der Waals surface area contributed by atoms with Gasteiger partial charge >= 0.3 is 19.8 Å². The summed E-state index contributed by atoms with van der Waals surface area (Å²) in [6.45, 7) is 8.52. The van der Waals surface area contributed by atoms with Crippen molar-refractivity contribution in [1.82, 2.24) is 0 Å². The number of hydrogen-bond donors (Lipinski definition) is 1. The average molecular weight is 919 g/mol. The van der Waals surface area contributed by atoms with Gasteiger partial charge in [-0.3, -0.25) is 23.4 Å². The maximum absolute atomic E-state index is 12.8. The fourth-order valence-electron chi connectivity index (χ4n) is 6.85. The first-order chi connectivity index (χ1) is 30.7. The van der Waals surface area contributed by atoms with Gasteiger partial charge in [0.05, 0.1) is 27.7 Å². The topological polar surface area (TPSA) is 139 Å². The van der Waals surface area contributed by atoms with E-state index in [-0.39, 0.29) is 31.8 Å². The molecule has 0 radical (unpaired) electrons. The van der Waals surface area contributed by atoms with Gasteiger partial charge < -0.3 is 23.3 Å². The number of ether oxygens (including phenoxy) is 2. The largest absolute Gasteiger partial charge is 0.472 e. The standard InChI is InChI=1S/C52H88NO10P/c1-8-10-29-35-47(54)36-31-25-21-17-13-12-14-19-23-27-33-39-51(55)59-43-48(44-61-64(57,58)60-42-41-53(5,6)7)62-52(56)40-34-28-24-20-16-15-18-22-26-32-38-50-46(4)45(3)49(63-50)37-30-11-9-2/h12-13,19,21,23,25,31,36,48H,8-11,14-18,20,22,24,26-30,32-35,37-44H2,1-7H3/p+1/b13-12-,23-19-,25-21-,36-31+/t48-/m1/s1. The predicted octanol–water partition coefficient (Wildman–Crippen LogP) is 13.1. The molecule has 1 unspecified atom stereocenters. The van der Waals surface area contributed by atoms with Crippen molar-refractivity contribution in [3.63, 3.8) is 0 Å². The van der Waals surface area contributed by atoms with E-state index in [1.165, 1.54) is 80.4 Å². The van der Waals surface area contributed by atoms with Crippen LogP contribution >= 0.6 is 7.82 Å². The van der Waals surface area contributed by atoms with Crippen LogP contribution < -0.4 is 0 Å². The molecule has 0 saturated heterocycles. The van der Waals surface area contributed by atoms with Gasteiger partial charge in [-0.25, -0.2) is 4.57 Å². The van der Waals surface area contributed by atoms with Crippen molar-refractivity contribution in [2.45, 2.75) is 194 Å². The number of nitrogens with zero attached hydrogens (tertiary/aromatic N) is 1. The van der Waals surface area contributed by atoms with Gasteiger partial charge in [-0.2, -0.15) is 0 Å². The van der Waals surface area contributed by atoms with Crippen molar-refractivity contribution in [1.29, 1.82) is 0 Å². The van der Waals surface area contributed by atoms with Crippen LogP contribution in [0.2, 0.25) is 0 Å². The van der Waals surface area contributed by atoms with Gasteiger partial charge in [0.2, 0.25) is 0 Å². The van der Waals surface area contributed by atoms with E-state index >= 15 is 0 Å². The number of carbonyl (C=O) groups is 3. The van der Waals surface area contributed by atoms with Crippen LogP contribution in [0.15, 0.2) is 53.0 Å². The molecule has 1 aromatic heterocycles. The van der Waals surface area contributed by atoms with Crippen molar-refractivity contribution < 1.29 is 51.3 Å². The Morgan fingerprint density at radius 2 is 1.17 bits per heavy atom. The lowest BCUT2D eigenvalue weighted by molar-refractivity contribution is -0.870. The second-order valence-electron chi connectivity index (χ2n) is 18.1. The number of quaternary nitrogens is 1. The monoisotopic (exact) mass is 919 g/mol. The van der Waals surface area contributed by atoms with E-state index in [4.69, 9.17) is 22.9 Å². The average Bonchev–Trinajstić information content (AvgIpc) is 3.51. The molecule has 0 fully saturated rings. The first kappa shape index (κ1) is 58.9. The van der Waals surface area contributed by atoms with Crippen LogP contribution in [0.5, 0.6) is 0 Å². The summed E-state index contributed by atoms with van der Waals surface area (Å²) >= 11 is 0. The summed E-state index contributed by atoms with van der Waals surface area (Å²) in [7, 11) is 1.39. The maximum Gasteiger partial charge on any atom is 0.472 e. The minimum Gasteiger partial charge on any atom is -0.466 e. The van der Waals surface area contributed by atoms with Gasteiger partial charge in [-0.1, -0.05) is 133 Å². The van der Waals surface area contributed by atoms with Gasteiger partial charge in [0.25, 0.3) is 0 Å². The maximum atomic E-state index is 12.8. The third-order valence-corrected chi connectivity index (χ3v) is 12.0. The molecule has 64 heavy (non-hydrogen) atoms. The lowest BCUT2D eigenvalue weighted by Crippen LogP contribution is -2.37. The molecule has 0 amide bonds. The van der Waals surface area contributed by atoms with Gasteiger partial charge in [0.15, 0.2) is 11.9 Å². The number of rotatable bonds is 41. The quantitative estimate of drug-likeness (QED) is 0.0128. The highest BCUT2D eigenvalue weighted by Crippen LogP contribution is 2.43. The minimum absolute atomic E-state index is 0.00598. The highest BCUT2D eigenvalue weighted by Gasteiger charge is 2.27. The highest BCUT2D eigenvalue weighted by atomic mass is 31.2. The number of carbonyl (C=O) groups excluding carboxylic acids is 3. The molecule has 0 bridgehead atoms. The molecule has 0 aromatic carbocycles. The van der Waals surface area contributed by atoms with Crippen LogP contribution in [0.3, 0.4) is 0 Å². The second kappa shape index (κ2) is 37.1. The molecule has 11 nitrogen and oxygen atoms in total. The number of ketones is 1. The highest BCUT2D eigenvalue weighted by molar-refractivity contribution is 7.47. The molecule has 1 aromatic rings. The minimum atomic E-state index is -4.42. The van der Waals surface area contributed by atoms with Crippen molar-refractivity contribution >= 4 is 25.5 Å². The molecular formula is C52H89NO10P+. The summed E-state index contributed by atoms with van der Waals surface area (Å²) in [6.07, 6.45) is 38.2. The molecule has 2 atom stereocenters. The van der Waals surface area contributed by atoms with Gasteiger partial charge in [0, 0.05) is 32.1 Å². The van der Waals surface area contributed by atoms with Crippen LogP contribution in [-0.2, 0) is 50.3 Å². The number of hydrogen-bond acceptors (Lipinski definition) is 9. The molecule has 1 rings (SSSR count). The van der Waals surface area contributed by atoms with E-state index in [1.54, 1.807) is 12.2 Å². The van der Waals surface area contributed by atoms with Crippen LogP contribution in [0.1, 0.15) is 184 Å². The third-order valence-electron chi connectivity index (χ3n) is 11.0.